The summed E-state index contributed by atoms with van der Waals surface area (Å²) in [4.78, 5) is 22.8. The standard InChI is InChI=1S/C34H38F4N4OS/c1-2-3-4-5-7-20-42(34(43)39-30-19-18-28(37)23-29(30)38)21-8-6-9-22-44-33-40-31(24-10-14-26(35)15-11-24)32(41-33)25-12-16-27(36)17-13-25/h10-19,23H,2-9,20-22H2,1H3,(H,39,43)(H,40,41). The van der Waals surface area contributed by atoms with Crippen LogP contribution >= 0.6 is 11.8 Å². The molecular formula is C34H38F4N4OS. The van der Waals surface area contributed by atoms with Gasteiger partial charge in [0.05, 0.1) is 17.1 Å². The molecule has 2 amide bonds. The predicted molar refractivity (Wildman–Crippen MR) is 170 cm³/mol. The van der Waals surface area contributed by atoms with E-state index in [2.05, 4.69) is 17.2 Å². The fourth-order valence-electron chi connectivity index (χ4n) is 4.82. The molecule has 0 aliphatic heterocycles. The van der Waals surface area contributed by atoms with Crippen molar-refractivity contribution >= 4 is 23.5 Å². The van der Waals surface area contributed by atoms with Crippen LogP contribution in [0.25, 0.3) is 22.5 Å². The van der Waals surface area contributed by atoms with Crippen molar-refractivity contribution in [2.45, 2.75) is 63.4 Å². The molecule has 0 fully saturated rings. The highest BCUT2D eigenvalue weighted by atomic mass is 32.2. The second-order valence-corrected chi connectivity index (χ2v) is 11.7. The van der Waals surface area contributed by atoms with Crippen molar-refractivity contribution in [3.05, 3.63) is 90.0 Å². The summed E-state index contributed by atoms with van der Waals surface area (Å²) in [6.07, 6.45) is 7.78. The van der Waals surface area contributed by atoms with E-state index in [1.54, 1.807) is 40.9 Å². The number of unbranched alkanes of at least 4 members (excludes halogenated alkanes) is 6. The predicted octanol–water partition coefficient (Wildman–Crippen LogP) is 10.1. The molecule has 0 radical (unpaired) electrons. The molecule has 4 aromatic rings. The third-order valence-corrected chi connectivity index (χ3v) is 8.19. The Labute approximate surface area is 260 Å². The Bertz CT molecular complexity index is 1410. The van der Waals surface area contributed by atoms with Crippen LogP contribution in [0.1, 0.15) is 58.3 Å². The van der Waals surface area contributed by atoms with Crippen molar-refractivity contribution in [2.75, 3.05) is 24.2 Å². The molecule has 1 aromatic heterocycles. The Morgan fingerprint density at radius 2 is 1.36 bits per heavy atom. The molecular weight excluding hydrogens is 588 g/mol. The van der Waals surface area contributed by atoms with Gasteiger partial charge in [-0.15, -0.1) is 0 Å². The molecule has 0 bridgehead atoms. The van der Waals surface area contributed by atoms with Gasteiger partial charge < -0.3 is 15.2 Å². The minimum atomic E-state index is -0.804. The van der Waals surface area contributed by atoms with Crippen LogP contribution in [0.2, 0.25) is 0 Å². The number of H-pyrrole nitrogens is 1. The van der Waals surface area contributed by atoms with Gasteiger partial charge in [-0.05, 0) is 79.9 Å². The highest BCUT2D eigenvalue weighted by Crippen LogP contribution is 2.33. The Kier molecular flexibility index (Phi) is 12.7. The number of rotatable bonds is 16. The largest absolute Gasteiger partial charge is 0.332 e. The maximum Gasteiger partial charge on any atom is 0.321 e. The zero-order valence-electron chi connectivity index (χ0n) is 24.9. The van der Waals surface area contributed by atoms with Crippen molar-refractivity contribution in [3.63, 3.8) is 0 Å². The number of nitrogens with one attached hydrogen (secondary N) is 2. The number of aromatic amines is 1. The summed E-state index contributed by atoms with van der Waals surface area (Å²) in [7, 11) is 0. The van der Waals surface area contributed by atoms with Gasteiger partial charge in [-0.3, -0.25) is 0 Å². The zero-order chi connectivity index (χ0) is 31.3. The molecule has 0 unspecified atom stereocenters. The van der Waals surface area contributed by atoms with Crippen molar-refractivity contribution in [1.29, 1.82) is 0 Å². The van der Waals surface area contributed by atoms with E-state index in [0.717, 1.165) is 86.1 Å². The molecule has 3 aromatic carbocycles. The topological polar surface area (TPSA) is 61.0 Å². The van der Waals surface area contributed by atoms with Gasteiger partial charge in [0.25, 0.3) is 0 Å². The number of anilines is 1. The lowest BCUT2D eigenvalue weighted by molar-refractivity contribution is 0.209. The SMILES string of the molecule is CCCCCCCN(CCCCCSc1nc(-c2ccc(F)cc2)c(-c2ccc(F)cc2)[nH]1)C(=O)Nc1ccc(F)cc1F. The van der Waals surface area contributed by atoms with Crippen LogP contribution in [0.3, 0.4) is 0 Å². The molecule has 4 rings (SSSR count). The van der Waals surface area contributed by atoms with Crippen LogP contribution in [-0.4, -0.2) is 39.7 Å². The van der Waals surface area contributed by atoms with E-state index < -0.39 is 17.7 Å². The number of urea groups is 1. The van der Waals surface area contributed by atoms with Crippen molar-refractivity contribution in [3.8, 4) is 22.5 Å². The van der Waals surface area contributed by atoms with Crippen LogP contribution in [0, 0.1) is 23.3 Å². The average molecular weight is 627 g/mol. The molecule has 2 N–H and O–H groups in total. The Hall–Kier alpha value is -3.79. The first-order valence-corrected chi connectivity index (χ1v) is 16.1. The normalized spacial score (nSPS) is 11.1. The molecule has 0 aliphatic rings. The summed E-state index contributed by atoms with van der Waals surface area (Å²) in [6.45, 7) is 3.24. The van der Waals surface area contributed by atoms with E-state index in [4.69, 9.17) is 4.98 Å². The third-order valence-electron chi connectivity index (χ3n) is 7.24. The summed E-state index contributed by atoms with van der Waals surface area (Å²) in [6, 6.07) is 15.0. The number of carbonyl (C=O) groups excluding carboxylic acids is 1. The summed E-state index contributed by atoms with van der Waals surface area (Å²) in [5, 5.41) is 3.30. The summed E-state index contributed by atoms with van der Waals surface area (Å²) < 4.78 is 54.5. The van der Waals surface area contributed by atoms with Gasteiger partial charge in [-0.25, -0.2) is 27.3 Å². The molecule has 5 nitrogen and oxygen atoms in total. The first-order chi connectivity index (χ1) is 21.3. The number of hydrogen-bond acceptors (Lipinski definition) is 3. The lowest BCUT2D eigenvalue weighted by Gasteiger charge is -2.23. The van der Waals surface area contributed by atoms with E-state index >= 15 is 0 Å². The quantitative estimate of drug-likeness (QED) is 0.0739. The molecule has 1 heterocycles. The van der Waals surface area contributed by atoms with Gasteiger partial charge in [0.2, 0.25) is 0 Å². The smallest absolute Gasteiger partial charge is 0.321 e. The lowest BCUT2D eigenvalue weighted by Crippen LogP contribution is -2.36. The second-order valence-electron chi connectivity index (χ2n) is 10.6. The summed E-state index contributed by atoms with van der Waals surface area (Å²) in [5.41, 5.74) is 2.89. The summed E-state index contributed by atoms with van der Waals surface area (Å²) in [5.74, 6) is -1.39. The van der Waals surface area contributed by atoms with Crippen LogP contribution in [0.15, 0.2) is 71.9 Å². The van der Waals surface area contributed by atoms with Gasteiger partial charge in [0.1, 0.15) is 23.3 Å². The Balaban J connectivity index is 1.31. The number of hydrogen-bond donors (Lipinski definition) is 2. The molecule has 0 aliphatic carbocycles. The highest BCUT2D eigenvalue weighted by molar-refractivity contribution is 7.99. The van der Waals surface area contributed by atoms with Gasteiger partial charge in [0, 0.05) is 36.0 Å². The number of halogens is 4. The van der Waals surface area contributed by atoms with E-state index in [1.807, 2.05) is 0 Å². The number of benzene rings is 3. The number of aromatic nitrogens is 2. The first kappa shape index (κ1) is 33.1. The molecule has 10 heteroatoms. The van der Waals surface area contributed by atoms with Crippen LogP contribution < -0.4 is 5.32 Å². The Morgan fingerprint density at radius 1 is 0.773 bits per heavy atom. The molecule has 0 atom stereocenters. The highest BCUT2D eigenvalue weighted by Gasteiger charge is 2.17. The first-order valence-electron chi connectivity index (χ1n) is 15.1. The zero-order valence-corrected chi connectivity index (χ0v) is 25.7. The number of imidazole rings is 1. The number of thioether (sulfide) groups is 1. The maximum absolute atomic E-state index is 14.1. The average Bonchev–Trinajstić information content (AvgIpc) is 3.43. The van der Waals surface area contributed by atoms with E-state index in [0.29, 0.717) is 23.9 Å². The third kappa shape index (κ3) is 9.87. The number of nitrogens with zero attached hydrogens (tertiary/aromatic N) is 2. The van der Waals surface area contributed by atoms with Crippen LogP contribution in [0.4, 0.5) is 28.0 Å². The minimum absolute atomic E-state index is 0.0396. The fraction of sp³-hybridized carbons (Fsp3) is 0.353. The van der Waals surface area contributed by atoms with Crippen molar-refractivity contribution < 1.29 is 22.4 Å². The molecule has 0 saturated carbocycles. The fourth-order valence-corrected chi connectivity index (χ4v) is 5.69. The minimum Gasteiger partial charge on any atom is -0.332 e. The van der Waals surface area contributed by atoms with E-state index in [9.17, 15) is 22.4 Å². The van der Waals surface area contributed by atoms with E-state index in [1.165, 1.54) is 30.3 Å². The maximum atomic E-state index is 14.1. The van der Waals surface area contributed by atoms with Gasteiger partial charge in [-0.2, -0.15) is 0 Å². The van der Waals surface area contributed by atoms with Gasteiger partial charge >= 0.3 is 6.03 Å². The van der Waals surface area contributed by atoms with Gasteiger partial charge in [-0.1, -0.05) is 50.8 Å². The molecule has 0 saturated heterocycles. The van der Waals surface area contributed by atoms with Crippen LogP contribution in [-0.2, 0) is 0 Å². The number of carbonyl (C=O) groups is 1. The molecule has 44 heavy (non-hydrogen) atoms. The Morgan fingerprint density at radius 3 is 2.00 bits per heavy atom. The number of amides is 2. The molecule has 234 valence electrons. The van der Waals surface area contributed by atoms with Crippen molar-refractivity contribution in [2.24, 2.45) is 0 Å². The summed E-state index contributed by atoms with van der Waals surface area (Å²) >= 11 is 1.56. The monoisotopic (exact) mass is 626 g/mol. The van der Waals surface area contributed by atoms with Gasteiger partial charge in [0.15, 0.2) is 5.16 Å². The lowest BCUT2D eigenvalue weighted by atomic mass is 10.1. The molecule has 0 spiro atoms. The van der Waals surface area contributed by atoms with E-state index in [-0.39, 0.29) is 17.3 Å². The van der Waals surface area contributed by atoms with Crippen molar-refractivity contribution in [1.82, 2.24) is 14.9 Å². The van der Waals surface area contributed by atoms with Crippen LogP contribution in [0.5, 0.6) is 0 Å². The second kappa shape index (κ2) is 16.9.